The number of methoxy groups -OCH3 is 2. The summed E-state index contributed by atoms with van der Waals surface area (Å²) in [6.45, 7) is 2.05. The molecule has 0 bridgehead atoms. The highest BCUT2D eigenvalue weighted by Crippen LogP contribution is 2.31. The van der Waals surface area contributed by atoms with Gasteiger partial charge in [0.2, 0.25) is 5.95 Å². The fourth-order valence-corrected chi connectivity index (χ4v) is 2.48. The minimum atomic E-state index is 0.0590. The second kappa shape index (κ2) is 8.15. The maximum absolute atomic E-state index is 5.39. The summed E-state index contributed by atoms with van der Waals surface area (Å²) in [5.41, 5.74) is 1.90. The molecule has 0 aliphatic heterocycles. The van der Waals surface area contributed by atoms with E-state index in [1.807, 2.05) is 37.3 Å². The highest BCUT2D eigenvalue weighted by molar-refractivity contribution is 5.65. The number of hydrogen-bond acceptors (Lipinski definition) is 7. The predicted octanol–water partition coefficient (Wildman–Crippen LogP) is 3.81. The van der Waals surface area contributed by atoms with Crippen LogP contribution in [0.3, 0.4) is 0 Å². The van der Waals surface area contributed by atoms with E-state index in [1.54, 1.807) is 26.5 Å². The number of rotatable bonds is 7. The van der Waals surface area contributed by atoms with E-state index in [4.69, 9.17) is 9.47 Å². The molecule has 0 fully saturated rings. The summed E-state index contributed by atoms with van der Waals surface area (Å²) in [5.74, 6) is 2.37. The molecule has 1 aromatic heterocycles. The molecule has 7 heteroatoms. The molecule has 1 unspecified atom stereocenters. The summed E-state index contributed by atoms with van der Waals surface area (Å²) in [5, 5.41) is 14.5. The largest absolute Gasteiger partial charge is 0.497 e. The maximum Gasteiger partial charge on any atom is 0.245 e. The van der Waals surface area contributed by atoms with Crippen molar-refractivity contribution in [1.29, 1.82) is 0 Å². The average Bonchev–Trinajstić information content (AvgIpc) is 2.69. The third-order valence-corrected chi connectivity index (χ3v) is 3.88. The molecular formula is C19H21N5O2. The van der Waals surface area contributed by atoms with Crippen molar-refractivity contribution in [2.24, 2.45) is 0 Å². The lowest BCUT2D eigenvalue weighted by molar-refractivity contribution is 0.395. The molecule has 0 spiro atoms. The molecular weight excluding hydrogens is 330 g/mol. The standard InChI is InChI=1S/C19H21N5O2/c1-13(14-7-5-4-6-8-14)21-19-23-18(12-20-24-19)22-16-10-9-15(25-2)11-17(16)26-3/h4-13H,1-3H3,(H2,21,22,23,24). The van der Waals surface area contributed by atoms with Gasteiger partial charge < -0.3 is 20.1 Å². The first kappa shape index (κ1) is 17.5. The van der Waals surface area contributed by atoms with Crippen molar-refractivity contribution in [2.75, 3.05) is 24.9 Å². The number of anilines is 3. The molecule has 7 nitrogen and oxygen atoms in total. The van der Waals surface area contributed by atoms with E-state index in [0.29, 0.717) is 23.3 Å². The van der Waals surface area contributed by atoms with Gasteiger partial charge in [0, 0.05) is 6.07 Å². The molecule has 26 heavy (non-hydrogen) atoms. The molecule has 0 amide bonds. The van der Waals surface area contributed by atoms with Crippen molar-refractivity contribution in [1.82, 2.24) is 15.2 Å². The smallest absolute Gasteiger partial charge is 0.245 e. The summed E-state index contributed by atoms with van der Waals surface area (Å²) in [6.07, 6.45) is 1.56. The topological polar surface area (TPSA) is 81.2 Å². The Kier molecular flexibility index (Phi) is 5.48. The van der Waals surface area contributed by atoms with Gasteiger partial charge in [0.15, 0.2) is 5.82 Å². The highest BCUT2D eigenvalue weighted by Gasteiger charge is 2.10. The highest BCUT2D eigenvalue weighted by atomic mass is 16.5. The molecule has 1 atom stereocenters. The van der Waals surface area contributed by atoms with Gasteiger partial charge in [-0.1, -0.05) is 30.3 Å². The first-order valence-corrected chi connectivity index (χ1v) is 8.20. The van der Waals surface area contributed by atoms with Crippen molar-refractivity contribution in [3.8, 4) is 11.5 Å². The lowest BCUT2D eigenvalue weighted by Crippen LogP contribution is -2.11. The van der Waals surface area contributed by atoms with Crippen molar-refractivity contribution in [2.45, 2.75) is 13.0 Å². The second-order valence-electron chi connectivity index (χ2n) is 5.63. The minimum Gasteiger partial charge on any atom is -0.497 e. The Balaban J connectivity index is 1.75. The summed E-state index contributed by atoms with van der Waals surface area (Å²) < 4.78 is 10.6. The van der Waals surface area contributed by atoms with E-state index in [0.717, 1.165) is 11.3 Å². The third kappa shape index (κ3) is 4.18. The van der Waals surface area contributed by atoms with Gasteiger partial charge in [0.1, 0.15) is 11.5 Å². The van der Waals surface area contributed by atoms with Gasteiger partial charge in [-0.2, -0.15) is 10.1 Å². The minimum absolute atomic E-state index is 0.0590. The molecule has 134 valence electrons. The monoisotopic (exact) mass is 351 g/mol. The van der Waals surface area contributed by atoms with Crippen LogP contribution in [0.2, 0.25) is 0 Å². The Morgan fingerprint density at radius 1 is 1.00 bits per heavy atom. The van der Waals surface area contributed by atoms with Crippen LogP contribution in [-0.2, 0) is 0 Å². The van der Waals surface area contributed by atoms with Crippen LogP contribution in [-0.4, -0.2) is 29.4 Å². The van der Waals surface area contributed by atoms with E-state index in [9.17, 15) is 0 Å². The van der Waals surface area contributed by atoms with E-state index in [-0.39, 0.29) is 6.04 Å². The number of nitrogens with zero attached hydrogens (tertiary/aromatic N) is 3. The van der Waals surface area contributed by atoms with Crippen LogP contribution in [0.4, 0.5) is 17.5 Å². The van der Waals surface area contributed by atoms with E-state index >= 15 is 0 Å². The predicted molar refractivity (Wildman–Crippen MR) is 101 cm³/mol. The fourth-order valence-electron chi connectivity index (χ4n) is 2.48. The lowest BCUT2D eigenvalue weighted by atomic mass is 10.1. The van der Waals surface area contributed by atoms with Gasteiger partial charge in [0.05, 0.1) is 32.1 Å². The van der Waals surface area contributed by atoms with Gasteiger partial charge in [-0.15, -0.1) is 5.10 Å². The second-order valence-corrected chi connectivity index (χ2v) is 5.63. The first-order chi connectivity index (χ1) is 12.7. The number of ether oxygens (including phenoxy) is 2. The molecule has 1 heterocycles. The van der Waals surface area contributed by atoms with E-state index in [2.05, 4.69) is 37.9 Å². The van der Waals surface area contributed by atoms with Crippen molar-refractivity contribution in [3.05, 3.63) is 60.3 Å². The van der Waals surface area contributed by atoms with Crippen LogP contribution >= 0.6 is 0 Å². The Morgan fingerprint density at radius 3 is 2.54 bits per heavy atom. The zero-order chi connectivity index (χ0) is 18.4. The average molecular weight is 351 g/mol. The Labute approximate surface area is 152 Å². The van der Waals surface area contributed by atoms with Gasteiger partial charge in [-0.05, 0) is 24.6 Å². The molecule has 0 aliphatic rings. The molecule has 0 radical (unpaired) electrons. The summed E-state index contributed by atoms with van der Waals surface area (Å²) >= 11 is 0. The van der Waals surface area contributed by atoms with Crippen LogP contribution in [0.1, 0.15) is 18.5 Å². The molecule has 3 rings (SSSR count). The maximum atomic E-state index is 5.39. The van der Waals surface area contributed by atoms with Gasteiger partial charge >= 0.3 is 0 Å². The van der Waals surface area contributed by atoms with Crippen molar-refractivity contribution < 1.29 is 9.47 Å². The van der Waals surface area contributed by atoms with Gasteiger partial charge in [0.25, 0.3) is 0 Å². The molecule has 2 aromatic carbocycles. The molecule has 0 saturated heterocycles. The van der Waals surface area contributed by atoms with Crippen molar-refractivity contribution >= 4 is 17.5 Å². The van der Waals surface area contributed by atoms with Crippen LogP contribution in [0, 0.1) is 0 Å². The third-order valence-electron chi connectivity index (χ3n) is 3.88. The van der Waals surface area contributed by atoms with Gasteiger partial charge in [-0.3, -0.25) is 0 Å². The summed E-state index contributed by atoms with van der Waals surface area (Å²) in [4.78, 5) is 4.47. The Hall–Kier alpha value is -3.35. The zero-order valence-corrected chi connectivity index (χ0v) is 14.9. The van der Waals surface area contributed by atoms with E-state index in [1.165, 1.54) is 0 Å². The van der Waals surface area contributed by atoms with Gasteiger partial charge in [-0.25, -0.2) is 0 Å². The fraction of sp³-hybridized carbons (Fsp3) is 0.211. The van der Waals surface area contributed by atoms with E-state index < -0.39 is 0 Å². The quantitative estimate of drug-likeness (QED) is 0.670. The van der Waals surface area contributed by atoms with Crippen LogP contribution in [0.15, 0.2) is 54.7 Å². The first-order valence-electron chi connectivity index (χ1n) is 8.20. The number of nitrogens with one attached hydrogen (secondary N) is 2. The SMILES string of the molecule is COc1ccc(Nc2cnnc(NC(C)c3ccccc3)n2)c(OC)c1. The number of aromatic nitrogens is 3. The molecule has 0 aliphatic carbocycles. The summed E-state index contributed by atoms with van der Waals surface area (Å²) in [6, 6.07) is 15.7. The lowest BCUT2D eigenvalue weighted by Gasteiger charge is -2.15. The van der Waals surface area contributed by atoms with Crippen molar-refractivity contribution in [3.63, 3.8) is 0 Å². The molecule has 2 N–H and O–H groups in total. The molecule has 3 aromatic rings. The van der Waals surface area contributed by atoms with Crippen LogP contribution in [0.25, 0.3) is 0 Å². The summed E-state index contributed by atoms with van der Waals surface area (Å²) in [7, 11) is 3.22. The normalized spacial score (nSPS) is 11.5. The Morgan fingerprint density at radius 2 is 1.81 bits per heavy atom. The van der Waals surface area contributed by atoms with Crippen LogP contribution < -0.4 is 20.1 Å². The Bertz CT molecular complexity index is 858. The zero-order valence-electron chi connectivity index (χ0n) is 14.9. The number of benzene rings is 2. The van der Waals surface area contributed by atoms with Crippen LogP contribution in [0.5, 0.6) is 11.5 Å². The number of hydrogen-bond donors (Lipinski definition) is 2. The molecule has 0 saturated carbocycles.